The van der Waals surface area contributed by atoms with Crippen molar-refractivity contribution in [1.29, 1.82) is 0 Å². The van der Waals surface area contributed by atoms with Gasteiger partial charge < -0.3 is 20.3 Å². The van der Waals surface area contributed by atoms with E-state index >= 15 is 0 Å². The van der Waals surface area contributed by atoms with Gasteiger partial charge in [0, 0.05) is 32.4 Å². The quantitative estimate of drug-likeness (QED) is 0.321. The van der Waals surface area contributed by atoms with E-state index in [1.54, 1.807) is 7.11 Å². The molecule has 2 N–H and O–H groups in total. The first-order valence-corrected chi connectivity index (χ1v) is 10.6. The maximum Gasteiger partial charge on any atom is 0.191 e. The second-order valence-corrected chi connectivity index (χ2v) is 7.32. The Morgan fingerprint density at radius 2 is 1.87 bits per heavy atom. The number of benzene rings is 1. The second kappa shape index (κ2) is 13.3. The lowest BCUT2D eigenvalue weighted by Gasteiger charge is -2.22. The minimum Gasteiger partial charge on any atom is -0.497 e. The van der Waals surface area contributed by atoms with E-state index in [1.165, 1.54) is 31.2 Å². The van der Waals surface area contributed by atoms with Gasteiger partial charge in [-0.2, -0.15) is 0 Å². The van der Waals surface area contributed by atoms with E-state index in [9.17, 15) is 0 Å². The summed E-state index contributed by atoms with van der Waals surface area (Å²) >= 11 is 0. The van der Waals surface area contributed by atoms with Crippen molar-refractivity contribution in [3.63, 3.8) is 0 Å². The highest BCUT2D eigenvalue weighted by atomic mass is 127. The summed E-state index contributed by atoms with van der Waals surface area (Å²) in [7, 11) is 1.68. The molecule has 0 bridgehead atoms. The molecule has 0 aliphatic carbocycles. The van der Waals surface area contributed by atoms with Gasteiger partial charge in [-0.3, -0.25) is 0 Å². The molecule has 6 nitrogen and oxygen atoms in total. The molecule has 1 saturated heterocycles. The zero-order chi connectivity index (χ0) is 20.3. The van der Waals surface area contributed by atoms with E-state index in [1.807, 2.05) is 24.4 Å². The highest BCUT2D eigenvalue weighted by Crippen LogP contribution is 2.18. The molecule has 1 aromatic carbocycles. The number of hydrogen-bond acceptors (Lipinski definition) is 4. The lowest BCUT2D eigenvalue weighted by atomic mass is 10.2. The van der Waals surface area contributed by atoms with Crippen LogP contribution in [0.4, 0.5) is 5.82 Å². The van der Waals surface area contributed by atoms with Crippen molar-refractivity contribution in [1.82, 2.24) is 15.6 Å². The van der Waals surface area contributed by atoms with Crippen molar-refractivity contribution >= 4 is 35.8 Å². The first kappa shape index (κ1) is 24.2. The topological polar surface area (TPSA) is 61.8 Å². The van der Waals surface area contributed by atoms with Gasteiger partial charge in [0.15, 0.2) is 5.96 Å². The predicted molar refractivity (Wildman–Crippen MR) is 135 cm³/mol. The maximum atomic E-state index is 5.29. The Bertz CT molecular complexity index is 791. The first-order valence-electron chi connectivity index (χ1n) is 10.6. The Balaban J connectivity index is 0.00000320. The maximum absolute atomic E-state index is 5.29. The lowest BCUT2D eigenvalue weighted by Crippen LogP contribution is -2.36. The second-order valence-electron chi connectivity index (χ2n) is 7.32. The average Bonchev–Trinajstić information content (AvgIpc) is 3.06. The number of methoxy groups -OCH3 is 1. The average molecular weight is 523 g/mol. The summed E-state index contributed by atoms with van der Waals surface area (Å²) in [6.07, 6.45) is 7.08. The Hall–Kier alpha value is -2.03. The monoisotopic (exact) mass is 523 g/mol. The Kier molecular flexibility index (Phi) is 10.8. The summed E-state index contributed by atoms with van der Waals surface area (Å²) < 4.78 is 5.29. The molecular formula is C23H34IN5O. The summed E-state index contributed by atoms with van der Waals surface area (Å²) in [5.41, 5.74) is 2.33. The van der Waals surface area contributed by atoms with Crippen molar-refractivity contribution in [3.8, 4) is 5.75 Å². The van der Waals surface area contributed by atoms with Gasteiger partial charge in [0.1, 0.15) is 11.6 Å². The van der Waals surface area contributed by atoms with Gasteiger partial charge in [-0.25, -0.2) is 9.98 Å². The molecule has 0 atom stereocenters. The van der Waals surface area contributed by atoms with Crippen molar-refractivity contribution in [2.75, 3.05) is 31.6 Å². The molecule has 1 fully saturated rings. The first-order chi connectivity index (χ1) is 14.3. The minimum absolute atomic E-state index is 0. The molecule has 0 radical (unpaired) electrons. The van der Waals surface area contributed by atoms with Crippen LogP contribution in [-0.2, 0) is 13.1 Å². The van der Waals surface area contributed by atoms with E-state index in [0.29, 0.717) is 13.1 Å². The number of ether oxygens (including phenoxy) is 1. The molecule has 1 aromatic heterocycles. The molecule has 0 unspecified atom stereocenters. The zero-order valence-electron chi connectivity index (χ0n) is 18.1. The van der Waals surface area contributed by atoms with E-state index in [0.717, 1.165) is 42.7 Å². The van der Waals surface area contributed by atoms with Gasteiger partial charge in [0.25, 0.3) is 0 Å². The van der Waals surface area contributed by atoms with Crippen molar-refractivity contribution in [3.05, 3.63) is 53.7 Å². The minimum atomic E-state index is 0. The van der Waals surface area contributed by atoms with Crippen LogP contribution < -0.4 is 20.3 Å². The molecular weight excluding hydrogens is 489 g/mol. The predicted octanol–water partition coefficient (Wildman–Crippen LogP) is 4.34. The van der Waals surface area contributed by atoms with Crippen LogP contribution in [0.2, 0.25) is 0 Å². The van der Waals surface area contributed by atoms with Crippen molar-refractivity contribution in [2.24, 2.45) is 4.99 Å². The molecule has 0 saturated carbocycles. The summed E-state index contributed by atoms with van der Waals surface area (Å²) in [5, 5.41) is 6.76. The molecule has 1 aliphatic rings. The molecule has 164 valence electrons. The van der Waals surface area contributed by atoms with Gasteiger partial charge in [-0.1, -0.05) is 25.0 Å². The fourth-order valence-corrected chi connectivity index (χ4v) is 3.51. The third kappa shape index (κ3) is 7.66. The SMILES string of the molecule is CCNC(=NCc1cccc(OC)c1)NCc1ccnc(N2CCCCCC2)c1.I. The number of aromatic nitrogens is 1. The van der Waals surface area contributed by atoms with E-state index in [2.05, 4.69) is 45.6 Å². The van der Waals surface area contributed by atoms with Gasteiger partial charge in [0.2, 0.25) is 0 Å². The van der Waals surface area contributed by atoms with Crippen LogP contribution in [0.3, 0.4) is 0 Å². The van der Waals surface area contributed by atoms with E-state index < -0.39 is 0 Å². The standard InChI is InChI=1S/C23H33N5O.HI/c1-3-24-23(26-17-19-9-8-10-21(15-19)29-2)27-18-20-11-12-25-22(16-20)28-13-6-4-5-7-14-28;/h8-12,15-16H,3-7,13-14,17-18H2,1-2H3,(H2,24,26,27);1H. The normalized spacial score (nSPS) is 14.5. The number of pyridine rings is 1. The van der Waals surface area contributed by atoms with Gasteiger partial charge >= 0.3 is 0 Å². The molecule has 1 aliphatic heterocycles. The summed E-state index contributed by atoms with van der Waals surface area (Å²) in [4.78, 5) is 11.7. The Labute approximate surface area is 197 Å². The Morgan fingerprint density at radius 1 is 1.07 bits per heavy atom. The highest BCUT2D eigenvalue weighted by molar-refractivity contribution is 14.0. The van der Waals surface area contributed by atoms with E-state index in [4.69, 9.17) is 9.73 Å². The molecule has 0 amide bonds. The number of halogens is 1. The number of rotatable bonds is 7. The number of anilines is 1. The fraction of sp³-hybridized carbons (Fsp3) is 0.478. The van der Waals surface area contributed by atoms with Crippen molar-refractivity contribution < 1.29 is 4.74 Å². The number of nitrogens with one attached hydrogen (secondary N) is 2. The van der Waals surface area contributed by atoms with Gasteiger partial charge in [0.05, 0.1) is 13.7 Å². The summed E-state index contributed by atoms with van der Waals surface area (Å²) in [5.74, 6) is 2.75. The number of guanidine groups is 1. The van der Waals surface area contributed by atoms with Crippen LogP contribution in [0, 0.1) is 0 Å². The van der Waals surface area contributed by atoms with Crippen LogP contribution in [0.5, 0.6) is 5.75 Å². The smallest absolute Gasteiger partial charge is 0.191 e. The molecule has 2 heterocycles. The third-order valence-electron chi connectivity index (χ3n) is 5.10. The van der Waals surface area contributed by atoms with Crippen LogP contribution in [0.25, 0.3) is 0 Å². The van der Waals surface area contributed by atoms with Crippen LogP contribution in [-0.4, -0.2) is 37.7 Å². The van der Waals surface area contributed by atoms with Crippen molar-refractivity contribution in [2.45, 2.75) is 45.7 Å². The summed E-state index contributed by atoms with van der Waals surface area (Å²) in [6, 6.07) is 12.3. The largest absolute Gasteiger partial charge is 0.497 e. The molecule has 2 aromatic rings. The van der Waals surface area contributed by atoms with Gasteiger partial charge in [-0.05, 0) is 55.2 Å². The number of aliphatic imine (C=N–C) groups is 1. The molecule has 7 heteroatoms. The number of nitrogens with zero attached hydrogens (tertiary/aromatic N) is 3. The zero-order valence-corrected chi connectivity index (χ0v) is 20.4. The highest BCUT2D eigenvalue weighted by Gasteiger charge is 2.11. The van der Waals surface area contributed by atoms with Crippen LogP contribution in [0.15, 0.2) is 47.6 Å². The van der Waals surface area contributed by atoms with Crippen LogP contribution in [0.1, 0.15) is 43.7 Å². The Morgan fingerprint density at radius 3 is 2.60 bits per heavy atom. The molecule has 30 heavy (non-hydrogen) atoms. The number of hydrogen-bond donors (Lipinski definition) is 2. The fourth-order valence-electron chi connectivity index (χ4n) is 3.51. The third-order valence-corrected chi connectivity index (χ3v) is 5.10. The lowest BCUT2D eigenvalue weighted by molar-refractivity contribution is 0.414. The molecule has 3 rings (SSSR count). The van der Waals surface area contributed by atoms with E-state index in [-0.39, 0.29) is 24.0 Å². The van der Waals surface area contributed by atoms with Gasteiger partial charge in [-0.15, -0.1) is 24.0 Å². The molecule has 0 spiro atoms. The summed E-state index contributed by atoms with van der Waals surface area (Å²) in [6.45, 7) is 6.42. The van der Waals surface area contributed by atoms with Crippen LogP contribution >= 0.6 is 24.0 Å².